The van der Waals surface area contributed by atoms with Gasteiger partial charge in [0.1, 0.15) is 29.6 Å². The van der Waals surface area contributed by atoms with Crippen LogP contribution in [0.2, 0.25) is 0 Å². The van der Waals surface area contributed by atoms with Crippen molar-refractivity contribution in [3.8, 4) is 23.0 Å². The molecule has 0 saturated heterocycles. The predicted octanol–water partition coefficient (Wildman–Crippen LogP) is 5.58. The average molecular weight is 418 g/mol. The van der Waals surface area contributed by atoms with Crippen molar-refractivity contribution in [1.82, 2.24) is 0 Å². The second-order valence-electron chi connectivity index (χ2n) is 6.67. The molecule has 0 aliphatic heterocycles. The van der Waals surface area contributed by atoms with Gasteiger partial charge < -0.3 is 18.9 Å². The monoisotopic (exact) mass is 418 g/mol. The molecular formula is C26H26O5. The minimum atomic E-state index is -0.178. The van der Waals surface area contributed by atoms with E-state index >= 15 is 0 Å². The Bertz CT molecular complexity index is 1040. The van der Waals surface area contributed by atoms with Crippen molar-refractivity contribution in [1.29, 1.82) is 0 Å². The highest BCUT2D eigenvalue weighted by atomic mass is 16.5. The van der Waals surface area contributed by atoms with Gasteiger partial charge in [-0.3, -0.25) is 4.79 Å². The van der Waals surface area contributed by atoms with Crippen molar-refractivity contribution < 1.29 is 23.7 Å². The van der Waals surface area contributed by atoms with Crippen LogP contribution >= 0.6 is 0 Å². The number of carbonyl (C=O) groups is 1. The lowest BCUT2D eigenvalue weighted by molar-refractivity contribution is 0.104. The van der Waals surface area contributed by atoms with Crippen LogP contribution in [0.25, 0.3) is 6.08 Å². The Labute approximate surface area is 182 Å². The predicted molar refractivity (Wildman–Crippen MR) is 121 cm³/mol. The Morgan fingerprint density at radius 1 is 0.839 bits per heavy atom. The van der Waals surface area contributed by atoms with Gasteiger partial charge in [0.05, 0.1) is 26.4 Å². The minimum absolute atomic E-state index is 0.178. The first kappa shape index (κ1) is 22.0. The lowest BCUT2D eigenvalue weighted by Crippen LogP contribution is -2.00. The molecule has 0 spiro atoms. The summed E-state index contributed by atoms with van der Waals surface area (Å²) < 4.78 is 22.2. The third-order valence-electron chi connectivity index (χ3n) is 4.62. The van der Waals surface area contributed by atoms with E-state index in [0.29, 0.717) is 41.8 Å². The topological polar surface area (TPSA) is 54.0 Å². The molecule has 0 bridgehead atoms. The molecule has 0 fully saturated rings. The van der Waals surface area contributed by atoms with Crippen LogP contribution in [-0.4, -0.2) is 26.6 Å². The largest absolute Gasteiger partial charge is 0.497 e. The van der Waals surface area contributed by atoms with E-state index in [-0.39, 0.29) is 5.78 Å². The van der Waals surface area contributed by atoms with Crippen LogP contribution in [0, 0.1) is 0 Å². The van der Waals surface area contributed by atoms with Crippen LogP contribution in [-0.2, 0) is 6.61 Å². The second-order valence-corrected chi connectivity index (χ2v) is 6.67. The maximum absolute atomic E-state index is 12.8. The number of hydrogen-bond donors (Lipinski definition) is 0. The first-order valence-electron chi connectivity index (χ1n) is 10.0. The number of rotatable bonds is 10. The molecule has 0 aromatic heterocycles. The molecule has 3 aromatic rings. The molecule has 0 aliphatic carbocycles. The quantitative estimate of drug-likeness (QED) is 0.318. The zero-order valence-electron chi connectivity index (χ0n) is 18.0. The molecule has 31 heavy (non-hydrogen) atoms. The number of carbonyl (C=O) groups excluding carboxylic acids is 1. The van der Waals surface area contributed by atoms with E-state index < -0.39 is 0 Å². The highest BCUT2D eigenvalue weighted by Crippen LogP contribution is 2.29. The van der Waals surface area contributed by atoms with Crippen LogP contribution in [0.3, 0.4) is 0 Å². The molecule has 0 atom stereocenters. The molecule has 0 aliphatic rings. The highest BCUT2D eigenvalue weighted by Gasteiger charge is 2.12. The molecule has 0 unspecified atom stereocenters. The van der Waals surface area contributed by atoms with Crippen LogP contribution in [0.4, 0.5) is 0 Å². The Balaban J connectivity index is 1.83. The van der Waals surface area contributed by atoms with Crippen molar-refractivity contribution >= 4 is 11.9 Å². The molecule has 5 heteroatoms. The molecule has 3 rings (SSSR count). The fourth-order valence-corrected chi connectivity index (χ4v) is 3.03. The normalized spacial score (nSPS) is 10.7. The minimum Gasteiger partial charge on any atom is -0.497 e. The van der Waals surface area contributed by atoms with E-state index in [2.05, 4.69) is 0 Å². The van der Waals surface area contributed by atoms with Gasteiger partial charge >= 0.3 is 0 Å². The van der Waals surface area contributed by atoms with E-state index in [1.807, 2.05) is 55.5 Å². The third-order valence-corrected chi connectivity index (χ3v) is 4.62. The molecule has 0 N–H and O–H groups in total. The number of ether oxygens (including phenoxy) is 4. The van der Waals surface area contributed by atoms with E-state index in [4.69, 9.17) is 18.9 Å². The number of ketones is 1. The lowest BCUT2D eigenvalue weighted by Gasteiger charge is -2.12. The van der Waals surface area contributed by atoms with Gasteiger partial charge in [-0.2, -0.15) is 0 Å². The molecular weight excluding hydrogens is 392 g/mol. The molecule has 160 valence electrons. The number of methoxy groups -OCH3 is 2. The standard InChI is InChI=1S/C26H26O5/c1-4-30-22-12-10-20(25(17-22)31-18-19-8-6-5-7-9-19)11-15-24(27)23-14-13-21(28-2)16-26(23)29-3/h5-17H,4,18H2,1-3H3. The van der Waals surface area contributed by atoms with Crippen LogP contribution in [0.15, 0.2) is 72.8 Å². The first-order chi connectivity index (χ1) is 15.1. The van der Waals surface area contributed by atoms with Crippen molar-refractivity contribution in [2.24, 2.45) is 0 Å². The van der Waals surface area contributed by atoms with Crippen molar-refractivity contribution in [2.75, 3.05) is 20.8 Å². The fraction of sp³-hybridized carbons (Fsp3) is 0.192. The summed E-state index contributed by atoms with van der Waals surface area (Å²) in [6.45, 7) is 2.90. The molecule has 3 aromatic carbocycles. The number of hydrogen-bond acceptors (Lipinski definition) is 5. The lowest BCUT2D eigenvalue weighted by atomic mass is 10.1. The molecule has 0 heterocycles. The summed E-state index contributed by atoms with van der Waals surface area (Å²) in [6, 6.07) is 20.6. The zero-order valence-corrected chi connectivity index (χ0v) is 18.0. The summed E-state index contributed by atoms with van der Waals surface area (Å²) in [4.78, 5) is 12.8. The van der Waals surface area contributed by atoms with Gasteiger partial charge in [0.15, 0.2) is 5.78 Å². The second kappa shape index (κ2) is 10.9. The maximum atomic E-state index is 12.8. The molecule has 0 radical (unpaired) electrons. The summed E-state index contributed by atoms with van der Waals surface area (Å²) in [5.74, 6) is 2.26. The van der Waals surface area contributed by atoms with Gasteiger partial charge in [-0.1, -0.05) is 30.3 Å². The summed E-state index contributed by atoms with van der Waals surface area (Å²) in [6.07, 6.45) is 3.25. The Morgan fingerprint density at radius 3 is 2.29 bits per heavy atom. The van der Waals surface area contributed by atoms with Gasteiger partial charge in [0.25, 0.3) is 0 Å². The van der Waals surface area contributed by atoms with Crippen LogP contribution in [0.1, 0.15) is 28.4 Å². The van der Waals surface area contributed by atoms with Gasteiger partial charge in [0, 0.05) is 17.7 Å². The smallest absolute Gasteiger partial charge is 0.189 e. The van der Waals surface area contributed by atoms with E-state index in [1.54, 1.807) is 31.4 Å². The maximum Gasteiger partial charge on any atom is 0.189 e. The average Bonchev–Trinajstić information content (AvgIpc) is 2.82. The summed E-state index contributed by atoms with van der Waals surface area (Å²) in [5.41, 5.74) is 2.29. The van der Waals surface area contributed by atoms with Gasteiger partial charge in [-0.15, -0.1) is 0 Å². The van der Waals surface area contributed by atoms with Gasteiger partial charge in [0.2, 0.25) is 0 Å². The summed E-state index contributed by atoms with van der Waals surface area (Å²) in [7, 11) is 3.09. The highest BCUT2D eigenvalue weighted by molar-refractivity contribution is 6.08. The first-order valence-corrected chi connectivity index (χ1v) is 10.0. The van der Waals surface area contributed by atoms with Crippen molar-refractivity contribution in [2.45, 2.75) is 13.5 Å². The van der Waals surface area contributed by atoms with Crippen LogP contribution in [0.5, 0.6) is 23.0 Å². The Hall–Kier alpha value is -3.73. The van der Waals surface area contributed by atoms with E-state index in [9.17, 15) is 4.79 Å². The third kappa shape index (κ3) is 5.89. The SMILES string of the molecule is CCOc1ccc(C=CC(=O)c2ccc(OC)cc2OC)c(OCc2ccccc2)c1. The number of benzene rings is 3. The Morgan fingerprint density at radius 2 is 1.58 bits per heavy atom. The van der Waals surface area contributed by atoms with Crippen molar-refractivity contribution in [3.05, 3.63) is 89.5 Å². The molecule has 5 nitrogen and oxygen atoms in total. The fourth-order valence-electron chi connectivity index (χ4n) is 3.03. The van der Waals surface area contributed by atoms with Crippen molar-refractivity contribution in [3.63, 3.8) is 0 Å². The number of allylic oxidation sites excluding steroid dienone is 1. The summed E-state index contributed by atoms with van der Waals surface area (Å²) in [5, 5.41) is 0. The summed E-state index contributed by atoms with van der Waals surface area (Å²) >= 11 is 0. The van der Waals surface area contributed by atoms with Gasteiger partial charge in [-0.05, 0) is 48.9 Å². The zero-order chi connectivity index (χ0) is 22.1. The van der Waals surface area contributed by atoms with E-state index in [1.165, 1.54) is 13.2 Å². The molecule has 0 saturated carbocycles. The van der Waals surface area contributed by atoms with Gasteiger partial charge in [-0.25, -0.2) is 0 Å². The molecule has 0 amide bonds. The Kier molecular flexibility index (Phi) is 7.71. The van der Waals surface area contributed by atoms with E-state index in [0.717, 1.165) is 11.1 Å². The van der Waals surface area contributed by atoms with Crippen LogP contribution < -0.4 is 18.9 Å².